The second-order valence-electron chi connectivity index (χ2n) is 5.48. The zero-order valence-corrected chi connectivity index (χ0v) is 15.8. The van der Waals surface area contributed by atoms with Crippen LogP contribution in [0.25, 0.3) is 0 Å². The molecule has 0 aliphatic rings. The third-order valence-corrected chi connectivity index (χ3v) is 3.03. The van der Waals surface area contributed by atoms with Crippen molar-refractivity contribution in [3.63, 3.8) is 0 Å². The molecule has 1 unspecified atom stereocenters. The smallest absolute Gasteiger partial charge is 0.191 e. The van der Waals surface area contributed by atoms with E-state index in [4.69, 9.17) is 0 Å². The molecule has 0 radical (unpaired) electrons. The first-order valence-corrected chi connectivity index (χ1v) is 7.12. The summed E-state index contributed by atoms with van der Waals surface area (Å²) in [5.74, 6) is 1.63. The SMILES string of the molecule is CCCCNC(=NC)NCC(CC(C)C)N(C)C.I. The van der Waals surface area contributed by atoms with Gasteiger partial charge in [0.1, 0.15) is 0 Å². The standard InChI is InChI=1S/C14H32N4.HI/c1-7-8-9-16-14(15-4)17-11-13(18(5)6)10-12(2)3;/h12-13H,7-11H2,1-6H3,(H2,15,16,17);1H. The predicted molar refractivity (Wildman–Crippen MR) is 96.6 cm³/mol. The molecule has 116 valence electrons. The van der Waals surface area contributed by atoms with Gasteiger partial charge in [-0.3, -0.25) is 4.99 Å². The molecule has 0 aromatic rings. The maximum absolute atomic E-state index is 4.25. The molecule has 0 aromatic heterocycles. The molecule has 4 nitrogen and oxygen atoms in total. The van der Waals surface area contributed by atoms with Crippen molar-refractivity contribution in [2.45, 2.75) is 46.1 Å². The van der Waals surface area contributed by atoms with Crippen LogP contribution in [0.4, 0.5) is 0 Å². The highest BCUT2D eigenvalue weighted by Crippen LogP contribution is 2.07. The summed E-state index contributed by atoms with van der Waals surface area (Å²) in [5.41, 5.74) is 0. The fraction of sp³-hybridized carbons (Fsp3) is 0.929. The highest BCUT2D eigenvalue weighted by Gasteiger charge is 2.13. The van der Waals surface area contributed by atoms with Crippen molar-refractivity contribution in [3.8, 4) is 0 Å². The third kappa shape index (κ3) is 11.5. The van der Waals surface area contributed by atoms with Crippen molar-refractivity contribution in [2.24, 2.45) is 10.9 Å². The van der Waals surface area contributed by atoms with Gasteiger partial charge in [-0.15, -0.1) is 24.0 Å². The monoisotopic (exact) mass is 384 g/mol. The molecule has 19 heavy (non-hydrogen) atoms. The molecule has 0 aromatic carbocycles. The van der Waals surface area contributed by atoms with Crippen molar-refractivity contribution in [1.29, 1.82) is 0 Å². The number of nitrogens with zero attached hydrogens (tertiary/aromatic N) is 2. The fourth-order valence-corrected chi connectivity index (χ4v) is 1.84. The van der Waals surface area contributed by atoms with E-state index in [1.54, 1.807) is 0 Å². The molecule has 0 bridgehead atoms. The van der Waals surface area contributed by atoms with Crippen LogP contribution < -0.4 is 10.6 Å². The lowest BCUT2D eigenvalue weighted by Gasteiger charge is -2.27. The zero-order chi connectivity index (χ0) is 14.0. The summed E-state index contributed by atoms with van der Waals surface area (Å²) >= 11 is 0. The Kier molecular flexibility index (Phi) is 14.5. The Balaban J connectivity index is 0. The van der Waals surface area contributed by atoms with Gasteiger partial charge in [-0.2, -0.15) is 0 Å². The lowest BCUT2D eigenvalue weighted by molar-refractivity contribution is 0.254. The molecule has 0 rings (SSSR count). The maximum Gasteiger partial charge on any atom is 0.191 e. The molecule has 0 spiro atoms. The molecule has 5 heteroatoms. The van der Waals surface area contributed by atoms with Gasteiger partial charge in [0, 0.05) is 26.2 Å². The Hall–Kier alpha value is -0.0400. The van der Waals surface area contributed by atoms with Crippen LogP contribution in [0.2, 0.25) is 0 Å². The highest BCUT2D eigenvalue weighted by molar-refractivity contribution is 14.0. The van der Waals surface area contributed by atoms with Crippen LogP contribution in [0, 0.1) is 5.92 Å². The Morgan fingerprint density at radius 1 is 1.21 bits per heavy atom. The van der Waals surface area contributed by atoms with E-state index in [0.29, 0.717) is 12.0 Å². The highest BCUT2D eigenvalue weighted by atomic mass is 127. The fourth-order valence-electron chi connectivity index (χ4n) is 1.84. The summed E-state index contributed by atoms with van der Waals surface area (Å²) in [7, 11) is 6.11. The molecule has 0 amide bonds. The van der Waals surface area contributed by atoms with Gasteiger partial charge in [-0.1, -0.05) is 27.2 Å². The zero-order valence-electron chi connectivity index (χ0n) is 13.5. The minimum absolute atomic E-state index is 0. The predicted octanol–water partition coefficient (Wildman–Crippen LogP) is 2.55. The second-order valence-corrected chi connectivity index (χ2v) is 5.48. The van der Waals surface area contributed by atoms with Crippen LogP contribution in [0.15, 0.2) is 4.99 Å². The number of rotatable bonds is 8. The summed E-state index contributed by atoms with van der Waals surface area (Å²) in [4.78, 5) is 6.53. The summed E-state index contributed by atoms with van der Waals surface area (Å²) < 4.78 is 0. The van der Waals surface area contributed by atoms with Gasteiger partial charge < -0.3 is 15.5 Å². The summed E-state index contributed by atoms with van der Waals surface area (Å²) in [5, 5.41) is 6.75. The largest absolute Gasteiger partial charge is 0.356 e. The Morgan fingerprint density at radius 3 is 2.26 bits per heavy atom. The molecule has 0 aliphatic heterocycles. The normalized spacial score (nSPS) is 13.4. The first-order valence-electron chi connectivity index (χ1n) is 7.12. The lowest BCUT2D eigenvalue weighted by atomic mass is 10.0. The van der Waals surface area contributed by atoms with Gasteiger partial charge >= 0.3 is 0 Å². The van der Waals surface area contributed by atoms with Crippen LogP contribution in [-0.2, 0) is 0 Å². The minimum atomic E-state index is 0. The van der Waals surface area contributed by atoms with E-state index in [9.17, 15) is 0 Å². The van der Waals surface area contributed by atoms with E-state index in [-0.39, 0.29) is 24.0 Å². The Morgan fingerprint density at radius 2 is 1.84 bits per heavy atom. The number of nitrogens with one attached hydrogen (secondary N) is 2. The van der Waals surface area contributed by atoms with Gasteiger partial charge in [-0.05, 0) is 32.9 Å². The number of halogens is 1. The number of likely N-dealkylation sites (N-methyl/N-ethyl adjacent to an activating group) is 1. The number of hydrogen-bond donors (Lipinski definition) is 2. The van der Waals surface area contributed by atoms with E-state index in [1.165, 1.54) is 19.3 Å². The number of hydrogen-bond acceptors (Lipinski definition) is 2. The average Bonchev–Trinajstić information content (AvgIpc) is 2.31. The molecule has 0 heterocycles. The van der Waals surface area contributed by atoms with Crippen LogP contribution in [-0.4, -0.2) is 51.1 Å². The van der Waals surface area contributed by atoms with Gasteiger partial charge in [-0.25, -0.2) is 0 Å². The topological polar surface area (TPSA) is 39.7 Å². The van der Waals surface area contributed by atoms with Gasteiger partial charge in [0.05, 0.1) is 0 Å². The van der Waals surface area contributed by atoms with Crippen LogP contribution in [0.5, 0.6) is 0 Å². The van der Waals surface area contributed by atoms with Gasteiger partial charge in [0.25, 0.3) is 0 Å². The Labute approximate surface area is 136 Å². The molecule has 1 atom stereocenters. The van der Waals surface area contributed by atoms with E-state index >= 15 is 0 Å². The van der Waals surface area contributed by atoms with Crippen LogP contribution in [0.1, 0.15) is 40.0 Å². The average molecular weight is 384 g/mol. The van der Waals surface area contributed by atoms with E-state index in [0.717, 1.165) is 19.0 Å². The van der Waals surface area contributed by atoms with Gasteiger partial charge in [0.2, 0.25) is 0 Å². The molecule has 0 fully saturated rings. The van der Waals surface area contributed by atoms with Crippen LogP contribution in [0.3, 0.4) is 0 Å². The first kappa shape index (κ1) is 21.3. The van der Waals surface area contributed by atoms with Crippen molar-refractivity contribution in [2.75, 3.05) is 34.2 Å². The summed E-state index contributed by atoms with van der Waals surface area (Å²) in [6.45, 7) is 8.67. The van der Waals surface area contributed by atoms with E-state index in [1.807, 2.05) is 7.05 Å². The summed E-state index contributed by atoms with van der Waals surface area (Å²) in [6, 6.07) is 0.551. The molecule has 0 saturated carbocycles. The van der Waals surface area contributed by atoms with E-state index in [2.05, 4.69) is 55.4 Å². The second kappa shape index (κ2) is 13.0. The Bertz CT molecular complexity index is 229. The first-order chi connectivity index (χ1) is 8.51. The molecule has 0 saturated heterocycles. The quantitative estimate of drug-likeness (QED) is 0.293. The van der Waals surface area contributed by atoms with E-state index < -0.39 is 0 Å². The molecular formula is C14H33IN4. The number of aliphatic imine (C=N–C) groups is 1. The summed E-state index contributed by atoms with van der Waals surface area (Å²) in [6.07, 6.45) is 3.59. The molecule has 2 N–H and O–H groups in total. The van der Waals surface area contributed by atoms with Crippen molar-refractivity contribution in [1.82, 2.24) is 15.5 Å². The number of guanidine groups is 1. The molecule has 0 aliphatic carbocycles. The van der Waals surface area contributed by atoms with Gasteiger partial charge in [0.15, 0.2) is 5.96 Å². The maximum atomic E-state index is 4.25. The third-order valence-electron chi connectivity index (χ3n) is 3.03. The number of unbranched alkanes of at least 4 members (excludes halogenated alkanes) is 1. The van der Waals surface area contributed by atoms with Crippen LogP contribution >= 0.6 is 24.0 Å². The van der Waals surface area contributed by atoms with Crippen molar-refractivity contribution >= 4 is 29.9 Å². The van der Waals surface area contributed by atoms with Crippen molar-refractivity contribution in [3.05, 3.63) is 0 Å². The minimum Gasteiger partial charge on any atom is -0.356 e. The lowest BCUT2D eigenvalue weighted by Crippen LogP contribution is -2.45. The molecular weight excluding hydrogens is 351 g/mol. The van der Waals surface area contributed by atoms with Crippen molar-refractivity contribution < 1.29 is 0 Å².